The van der Waals surface area contributed by atoms with Gasteiger partial charge in [0.25, 0.3) is 11.8 Å². The molecule has 0 saturated heterocycles. The monoisotopic (exact) mass is 454 g/mol. The average molecular weight is 455 g/mol. The first-order valence-electron chi connectivity index (χ1n) is 11.6. The van der Waals surface area contributed by atoms with Crippen LogP contribution in [0.5, 0.6) is 5.75 Å². The van der Waals surface area contributed by atoms with E-state index in [4.69, 9.17) is 4.74 Å². The van der Waals surface area contributed by atoms with Gasteiger partial charge in [-0.3, -0.25) is 14.5 Å². The predicted molar refractivity (Wildman–Crippen MR) is 136 cm³/mol. The second-order valence-corrected chi connectivity index (χ2v) is 8.60. The normalized spacial score (nSPS) is 13.6. The summed E-state index contributed by atoms with van der Waals surface area (Å²) in [4.78, 5) is 30.4. The Kier molecular flexibility index (Phi) is 6.82. The van der Waals surface area contributed by atoms with Crippen molar-refractivity contribution in [3.8, 4) is 5.75 Å². The average Bonchev–Trinajstić information content (AvgIpc) is 3.05. The van der Waals surface area contributed by atoms with Crippen molar-refractivity contribution >= 4 is 23.1 Å². The van der Waals surface area contributed by atoms with Gasteiger partial charge in [-0.2, -0.15) is 0 Å². The molecule has 0 aromatic heterocycles. The summed E-state index contributed by atoms with van der Waals surface area (Å²) in [6.07, 6.45) is 0. The molecule has 4 rings (SSSR count). The van der Waals surface area contributed by atoms with Gasteiger partial charge in [-0.05, 0) is 68.7 Å². The van der Waals surface area contributed by atoms with Gasteiger partial charge in [0, 0.05) is 12.2 Å². The Morgan fingerprint density at radius 3 is 2.06 bits per heavy atom. The molecule has 3 aromatic rings. The quantitative estimate of drug-likeness (QED) is 0.434. The molecular weight excluding hydrogens is 424 g/mol. The van der Waals surface area contributed by atoms with Gasteiger partial charge in [0.15, 0.2) is 0 Å². The Morgan fingerprint density at radius 1 is 0.794 bits per heavy atom. The number of ether oxygens (including phenoxy) is 1. The van der Waals surface area contributed by atoms with E-state index in [0.29, 0.717) is 17.8 Å². The lowest BCUT2D eigenvalue weighted by Crippen LogP contribution is -2.37. The molecule has 1 heterocycles. The number of carbonyl (C=O) groups is 2. The number of imide groups is 1. The van der Waals surface area contributed by atoms with E-state index in [1.165, 1.54) is 4.90 Å². The number of hydrogen-bond acceptors (Lipinski definition) is 4. The summed E-state index contributed by atoms with van der Waals surface area (Å²) in [5.41, 5.74) is 5.77. The van der Waals surface area contributed by atoms with Crippen molar-refractivity contribution in [1.82, 2.24) is 4.90 Å². The molecule has 1 aliphatic rings. The number of rotatable bonds is 8. The van der Waals surface area contributed by atoms with Gasteiger partial charge in [-0.25, -0.2) is 0 Å². The standard InChI is InChI=1S/C29H30N2O3/c1-5-30(24-9-7-6-8-10-24)27-26(23-13-11-20(2)12-14-23)28(32)31(29(27)33)15-16-34-25-18-21(3)17-22(4)19-25/h6-14,17-19H,5,15-16H2,1-4H3. The first-order chi connectivity index (χ1) is 16.4. The first-order valence-corrected chi connectivity index (χ1v) is 11.6. The molecular formula is C29H30N2O3. The molecule has 1 aliphatic heterocycles. The predicted octanol–water partition coefficient (Wildman–Crippen LogP) is 5.30. The van der Waals surface area contributed by atoms with Crippen molar-refractivity contribution < 1.29 is 14.3 Å². The maximum atomic E-state index is 13.6. The van der Waals surface area contributed by atoms with Crippen LogP contribution in [0.25, 0.3) is 5.57 Å². The van der Waals surface area contributed by atoms with Crippen LogP contribution in [0.15, 0.2) is 78.5 Å². The number of carbonyl (C=O) groups excluding carboxylic acids is 2. The molecule has 5 nitrogen and oxygen atoms in total. The van der Waals surface area contributed by atoms with Crippen LogP contribution in [0.1, 0.15) is 29.2 Å². The third-order valence-corrected chi connectivity index (χ3v) is 5.92. The molecule has 0 N–H and O–H groups in total. The number of hydrogen-bond donors (Lipinski definition) is 0. The summed E-state index contributed by atoms with van der Waals surface area (Å²) in [7, 11) is 0. The number of benzene rings is 3. The highest BCUT2D eigenvalue weighted by atomic mass is 16.5. The lowest BCUT2D eigenvalue weighted by Gasteiger charge is -2.25. The molecule has 5 heteroatoms. The molecule has 0 aliphatic carbocycles. The van der Waals surface area contributed by atoms with Crippen LogP contribution in [0, 0.1) is 20.8 Å². The summed E-state index contributed by atoms with van der Waals surface area (Å²) in [6, 6.07) is 23.4. The van der Waals surface area contributed by atoms with Gasteiger partial charge >= 0.3 is 0 Å². The zero-order valence-corrected chi connectivity index (χ0v) is 20.2. The first kappa shape index (κ1) is 23.3. The smallest absolute Gasteiger partial charge is 0.278 e. The zero-order chi connectivity index (χ0) is 24.2. The summed E-state index contributed by atoms with van der Waals surface area (Å²) in [6.45, 7) is 8.97. The molecule has 0 radical (unpaired) electrons. The Bertz CT molecular complexity index is 1210. The zero-order valence-electron chi connectivity index (χ0n) is 20.2. The van der Waals surface area contributed by atoms with E-state index >= 15 is 0 Å². The number of anilines is 1. The lowest BCUT2D eigenvalue weighted by atomic mass is 10.0. The fourth-order valence-corrected chi connectivity index (χ4v) is 4.35. The van der Waals surface area contributed by atoms with E-state index in [0.717, 1.165) is 33.7 Å². The van der Waals surface area contributed by atoms with E-state index in [9.17, 15) is 9.59 Å². The molecule has 34 heavy (non-hydrogen) atoms. The second-order valence-electron chi connectivity index (χ2n) is 8.60. The number of amides is 2. The Morgan fingerprint density at radius 2 is 1.44 bits per heavy atom. The molecule has 0 atom stereocenters. The topological polar surface area (TPSA) is 49.9 Å². The molecule has 0 bridgehead atoms. The van der Waals surface area contributed by atoms with Gasteiger partial charge in [0.2, 0.25) is 0 Å². The summed E-state index contributed by atoms with van der Waals surface area (Å²) in [5, 5.41) is 0. The third-order valence-electron chi connectivity index (χ3n) is 5.92. The Balaban J connectivity index is 1.65. The van der Waals surface area contributed by atoms with E-state index < -0.39 is 0 Å². The van der Waals surface area contributed by atoms with Crippen LogP contribution in [0.3, 0.4) is 0 Å². The van der Waals surface area contributed by atoms with Crippen molar-refractivity contribution in [3.05, 3.63) is 101 Å². The van der Waals surface area contributed by atoms with E-state index in [2.05, 4.69) is 6.07 Å². The molecule has 0 fully saturated rings. The van der Waals surface area contributed by atoms with Crippen LogP contribution in [-0.4, -0.2) is 36.4 Å². The minimum absolute atomic E-state index is 0.176. The highest BCUT2D eigenvalue weighted by Crippen LogP contribution is 2.34. The van der Waals surface area contributed by atoms with Crippen molar-refractivity contribution in [2.75, 3.05) is 24.6 Å². The van der Waals surface area contributed by atoms with Gasteiger partial charge in [0.1, 0.15) is 18.1 Å². The summed E-state index contributed by atoms with van der Waals surface area (Å²) < 4.78 is 5.91. The van der Waals surface area contributed by atoms with Crippen LogP contribution in [-0.2, 0) is 9.59 Å². The summed E-state index contributed by atoms with van der Waals surface area (Å²) in [5.74, 6) is 0.153. The lowest BCUT2D eigenvalue weighted by molar-refractivity contribution is -0.137. The van der Waals surface area contributed by atoms with E-state index in [-0.39, 0.29) is 25.0 Å². The number of likely N-dealkylation sites (N-methyl/N-ethyl adjacent to an activating group) is 1. The number of nitrogens with zero attached hydrogens (tertiary/aromatic N) is 2. The van der Waals surface area contributed by atoms with Crippen LogP contribution < -0.4 is 9.64 Å². The van der Waals surface area contributed by atoms with Crippen molar-refractivity contribution in [2.24, 2.45) is 0 Å². The van der Waals surface area contributed by atoms with Crippen molar-refractivity contribution in [2.45, 2.75) is 27.7 Å². The highest BCUT2D eigenvalue weighted by Gasteiger charge is 2.41. The van der Waals surface area contributed by atoms with Crippen LogP contribution in [0.2, 0.25) is 0 Å². The van der Waals surface area contributed by atoms with Gasteiger partial charge in [-0.15, -0.1) is 0 Å². The SMILES string of the molecule is CCN(C1=C(c2ccc(C)cc2)C(=O)N(CCOc2cc(C)cc(C)c2)C1=O)c1ccccc1. The van der Waals surface area contributed by atoms with E-state index in [1.54, 1.807) is 0 Å². The molecule has 2 amide bonds. The van der Waals surface area contributed by atoms with Crippen molar-refractivity contribution in [1.29, 1.82) is 0 Å². The second kappa shape index (κ2) is 9.96. The van der Waals surface area contributed by atoms with Crippen molar-refractivity contribution in [3.63, 3.8) is 0 Å². The van der Waals surface area contributed by atoms with Crippen LogP contribution in [0.4, 0.5) is 5.69 Å². The molecule has 0 saturated carbocycles. The van der Waals surface area contributed by atoms with Gasteiger partial charge < -0.3 is 9.64 Å². The Labute approximate surface area is 201 Å². The minimum atomic E-state index is -0.296. The molecule has 174 valence electrons. The summed E-state index contributed by atoms with van der Waals surface area (Å²) >= 11 is 0. The fourth-order valence-electron chi connectivity index (χ4n) is 4.35. The minimum Gasteiger partial charge on any atom is -0.492 e. The maximum Gasteiger partial charge on any atom is 0.278 e. The van der Waals surface area contributed by atoms with Crippen LogP contribution >= 0.6 is 0 Å². The number of para-hydroxylation sites is 1. The number of aryl methyl sites for hydroxylation is 3. The molecule has 3 aromatic carbocycles. The maximum absolute atomic E-state index is 13.6. The molecule has 0 unspecified atom stereocenters. The van der Waals surface area contributed by atoms with E-state index in [1.807, 2.05) is 99.3 Å². The van der Waals surface area contributed by atoms with Gasteiger partial charge in [-0.1, -0.05) is 54.1 Å². The fraction of sp³-hybridized carbons (Fsp3) is 0.241. The third kappa shape index (κ3) is 4.74. The highest BCUT2D eigenvalue weighted by molar-refractivity contribution is 6.36. The largest absolute Gasteiger partial charge is 0.492 e. The molecule has 0 spiro atoms. The Hall–Kier alpha value is -3.86. The van der Waals surface area contributed by atoms with Gasteiger partial charge in [0.05, 0.1) is 12.1 Å².